The third-order valence-electron chi connectivity index (χ3n) is 5.25. The van der Waals surface area contributed by atoms with Gasteiger partial charge in [-0.2, -0.15) is 0 Å². The summed E-state index contributed by atoms with van der Waals surface area (Å²) in [5.41, 5.74) is 1.000. The molecule has 1 saturated carbocycles. The molecule has 2 N–H and O–H groups in total. The minimum Gasteiger partial charge on any atom is -0.508 e. The van der Waals surface area contributed by atoms with Crippen molar-refractivity contribution < 1.29 is 10.2 Å². The Morgan fingerprint density at radius 2 is 1.86 bits per heavy atom. The van der Waals surface area contributed by atoms with Gasteiger partial charge in [-0.15, -0.1) is 0 Å². The summed E-state index contributed by atoms with van der Waals surface area (Å²) in [5.74, 6) is 0.388. The molecule has 0 amide bonds. The van der Waals surface area contributed by atoms with E-state index in [1.807, 2.05) is 18.2 Å². The molecular formula is C18H28N2O2. The first kappa shape index (κ1) is 15.8. The number of benzene rings is 1. The summed E-state index contributed by atoms with van der Waals surface area (Å²) >= 11 is 0. The second-order valence-corrected chi connectivity index (χ2v) is 6.71. The van der Waals surface area contributed by atoms with Crippen molar-refractivity contribution in [1.82, 2.24) is 9.80 Å². The standard InChI is InChI=1S/C18H28N2O2/c21-12-9-17-14-19(13-15-5-1-4-8-18(15)22)10-11-20(17)16-6-2-3-7-16/h1,4-5,8,16-17,21-22H,2-3,6-7,9-14H2/t17-/m1/s1. The molecule has 2 fully saturated rings. The molecule has 1 atom stereocenters. The van der Waals surface area contributed by atoms with Gasteiger partial charge in [0.25, 0.3) is 0 Å². The van der Waals surface area contributed by atoms with E-state index in [1.165, 1.54) is 25.7 Å². The summed E-state index contributed by atoms with van der Waals surface area (Å²) < 4.78 is 0. The summed E-state index contributed by atoms with van der Waals surface area (Å²) in [4.78, 5) is 5.06. The Hall–Kier alpha value is -1.10. The molecule has 4 nitrogen and oxygen atoms in total. The molecule has 0 bridgehead atoms. The highest BCUT2D eigenvalue weighted by molar-refractivity contribution is 5.31. The van der Waals surface area contributed by atoms with Gasteiger partial charge in [-0.1, -0.05) is 31.0 Å². The lowest BCUT2D eigenvalue weighted by Crippen LogP contribution is -2.56. The van der Waals surface area contributed by atoms with Crippen LogP contribution in [0.15, 0.2) is 24.3 Å². The summed E-state index contributed by atoms with van der Waals surface area (Å²) in [7, 11) is 0. The minimum absolute atomic E-state index is 0.262. The maximum absolute atomic E-state index is 9.96. The zero-order valence-electron chi connectivity index (χ0n) is 13.3. The van der Waals surface area contributed by atoms with Gasteiger partial charge in [-0.25, -0.2) is 0 Å². The second-order valence-electron chi connectivity index (χ2n) is 6.71. The topological polar surface area (TPSA) is 46.9 Å². The van der Waals surface area contributed by atoms with Gasteiger partial charge in [0.05, 0.1) is 0 Å². The number of aromatic hydroxyl groups is 1. The van der Waals surface area contributed by atoms with Gasteiger partial charge in [-0.05, 0) is 25.3 Å². The number of hydrogen-bond acceptors (Lipinski definition) is 4. The van der Waals surface area contributed by atoms with Crippen LogP contribution in [0, 0.1) is 0 Å². The summed E-state index contributed by atoms with van der Waals surface area (Å²) in [5, 5.41) is 19.4. The normalized spacial score (nSPS) is 24.9. The van der Waals surface area contributed by atoms with Crippen molar-refractivity contribution in [2.24, 2.45) is 0 Å². The van der Waals surface area contributed by atoms with Crippen LogP contribution in [0.25, 0.3) is 0 Å². The van der Waals surface area contributed by atoms with Crippen LogP contribution in [-0.2, 0) is 6.54 Å². The van der Waals surface area contributed by atoms with E-state index in [0.717, 1.165) is 44.2 Å². The van der Waals surface area contributed by atoms with Gasteiger partial charge >= 0.3 is 0 Å². The van der Waals surface area contributed by atoms with Gasteiger partial charge in [-0.3, -0.25) is 9.80 Å². The Balaban J connectivity index is 1.63. The molecule has 1 heterocycles. The summed E-state index contributed by atoms with van der Waals surface area (Å²) in [6.45, 7) is 4.19. The lowest BCUT2D eigenvalue weighted by Gasteiger charge is -2.44. The number of aliphatic hydroxyl groups excluding tert-OH is 1. The van der Waals surface area contributed by atoms with E-state index in [4.69, 9.17) is 0 Å². The molecule has 0 unspecified atom stereocenters. The van der Waals surface area contributed by atoms with Gasteiger partial charge in [0.15, 0.2) is 0 Å². The highest BCUT2D eigenvalue weighted by Gasteiger charge is 2.33. The summed E-state index contributed by atoms with van der Waals surface area (Å²) in [6.07, 6.45) is 6.21. The maximum atomic E-state index is 9.96. The van der Waals surface area contributed by atoms with E-state index < -0.39 is 0 Å². The Bertz CT molecular complexity index is 474. The zero-order chi connectivity index (χ0) is 15.4. The number of para-hydroxylation sites is 1. The third-order valence-corrected chi connectivity index (χ3v) is 5.25. The highest BCUT2D eigenvalue weighted by atomic mass is 16.3. The molecule has 0 radical (unpaired) electrons. The number of rotatable bonds is 5. The van der Waals surface area contributed by atoms with Crippen LogP contribution >= 0.6 is 0 Å². The van der Waals surface area contributed by atoms with Crippen LogP contribution in [0.1, 0.15) is 37.7 Å². The Kier molecular flexibility index (Phi) is 5.34. The molecule has 1 aliphatic carbocycles. The number of piperazine rings is 1. The Morgan fingerprint density at radius 1 is 1.09 bits per heavy atom. The molecule has 1 aromatic rings. The molecule has 0 aromatic heterocycles. The number of aliphatic hydroxyl groups is 1. The fourth-order valence-electron chi connectivity index (χ4n) is 4.09. The van der Waals surface area contributed by atoms with E-state index in [1.54, 1.807) is 6.07 Å². The van der Waals surface area contributed by atoms with Gasteiger partial charge < -0.3 is 10.2 Å². The molecule has 0 spiro atoms. The van der Waals surface area contributed by atoms with Crippen LogP contribution in [0.2, 0.25) is 0 Å². The molecular weight excluding hydrogens is 276 g/mol. The number of phenols is 1. The monoisotopic (exact) mass is 304 g/mol. The van der Waals surface area contributed by atoms with Crippen molar-refractivity contribution in [3.05, 3.63) is 29.8 Å². The van der Waals surface area contributed by atoms with Crippen molar-refractivity contribution in [3.8, 4) is 5.75 Å². The van der Waals surface area contributed by atoms with Crippen LogP contribution in [-0.4, -0.2) is 58.3 Å². The first-order valence-electron chi connectivity index (χ1n) is 8.64. The van der Waals surface area contributed by atoms with Crippen molar-refractivity contribution in [2.45, 2.75) is 50.7 Å². The van der Waals surface area contributed by atoms with Crippen molar-refractivity contribution in [3.63, 3.8) is 0 Å². The van der Waals surface area contributed by atoms with Crippen molar-refractivity contribution in [2.75, 3.05) is 26.2 Å². The predicted octanol–water partition coefficient (Wildman–Crippen LogP) is 2.20. The molecule has 1 aromatic carbocycles. The van der Waals surface area contributed by atoms with E-state index in [2.05, 4.69) is 9.80 Å². The fraction of sp³-hybridized carbons (Fsp3) is 0.667. The summed E-state index contributed by atoms with van der Waals surface area (Å²) in [6, 6.07) is 8.78. The van der Waals surface area contributed by atoms with Gasteiger partial charge in [0.1, 0.15) is 5.75 Å². The SMILES string of the molecule is OCC[C@@H]1CN(Cc2ccccc2O)CCN1C1CCCC1. The van der Waals surface area contributed by atoms with E-state index in [0.29, 0.717) is 11.8 Å². The van der Waals surface area contributed by atoms with Gasteiger partial charge in [0, 0.05) is 50.4 Å². The number of hydrogen-bond donors (Lipinski definition) is 2. The lowest BCUT2D eigenvalue weighted by atomic mass is 10.0. The average Bonchev–Trinajstić information content (AvgIpc) is 3.04. The highest BCUT2D eigenvalue weighted by Crippen LogP contribution is 2.28. The maximum Gasteiger partial charge on any atom is 0.120 e. The van der Waals surface area contributed by atoms with Crippen molar-refractivity contribution >= 4 is 0 Å². The van der Waals surface area contributed by atoms with Crippen LogP contribution in [0.5, 0.6) is 5.75 Å². The van der Waals surface area contributed by atoms with Gasteiger partial charge in [0.2, 0.25) is 0 Å². The average molecular weight is 304 g/mol. The molecule has 1 aliphatic heterocycles. The molecule has 4 heteroatoms. The minimum atomic E-state index is 0.262. The molecule has 2 aliphatic rings. The lowest BCUT2D eigenvalue weighted by molar-refractivity contribution is 0.0265. The van der Waals surface area contributed by atoms with E-state index >= 15 is 0 Å². The largest absolute Gasteiger partial charge is 0.508 e. The molecule has 122 valence electrons. The Labute approximate surface area is 133 Å². The van der Waals surface area contributed by atoms with Crippen LogP contribution in [0.3, 0.4) is 0 Å². The van der Waals surface area contributed by atoms with Crippen molar-refractivity contribution in [1.29, 1.82) is 0 Å². The number of nitrogens with zero attached hydrogens (tertiary/aromatic N) is 2. The smallest absolute Gasteiger partial charge is 0.120 e. The first-order valence-corrected chi connectivity index (χ1v) is 8.64. The zero-order valence-corrected chi connectivity index (χ0v) is 13.3. The van der Waals surface area contributed by atoms with E-state index in [9.17, 15) is 10.2 Å². The molecule has 3 rings (SSSR count). The van der Waals surface area contributed by atoms with Crippen LogP contribution in [0.4, 0.5) is 0 Å². The molecule has 22 heavy (non-hydrogen) atoms. The number of phenolic OH excluding ortho intramolecular Hbond substituents is 1. The third kappa shape index (κ3) is 3.62. The first-order chi connectivity index (χ1) is 10.8. The predicted molar refractivity (Wildman–Crippen MR) is 87.8 cm³/mol. The quantitative estimate of drug-likeness (QED) is 0.875. The fourth-order valence-corrected chi connectivity index (χ4v) is 4.09. The Morgan fingerprint density at radius 3 is 2.59 bits per heavy atom. The van der Waals surface area contributed by atoms with Crippen LogP contribution < -0.4 is 0 Å². The molecule has 1 saturated heterocycles. The second kappa shape index (κ2) is 7.44. The van der Waals surface area contributed by atoms with E-state index in [-0.39, 0.29) is 6.61 Å².